The fourth-order valence-corrected chi connectivity index (χ4v) is 4.15. The van der Waals surface area contributed by atoms with Crippen LogP contribution in [0.2, 0.25) is 0 Å². The lowest BCUT2D eigenvalue weighted by molar-refractivity contribution is -0.206. The van der Waals surface area contributed by atoms with E-state index in [-0.39, 0.29) is 6.29 Å². The first-order chi connectivity index (χ1) is 15.1. The Hall–Kier alpha value is -1.78. The lowest BCUT2D eigenvalue weighted by atomic mass is 9.98. The normalized spacial score (nSPS) is 19.0. The van der Waals surface area contributed by atoms with Crippen molar-refractivity contribution in [1.29, 1.82) is 0 Å². The monoisotopic (exact) mass is 430 g/mol. The molecule has 3 rings (SSSR count). The lowest BCUT2D eigenvalue weighted by Gasteiger charge is -2.29. The Balaban J connectivity index is 1.58. The van der Waals surface area contributed by atoms with Crippen LogP contribution < -0.4 is 0 Å². The third-order valence-corrected chi connectivity index (χ3v) is 6.14. The van der Waals surface area contributed by atoms with Gasteiger partial charge in [0.15, 0.2) is 17.9 Å². The van der Waals surface area contributed by atoms with Crippen LogP contribution in [0.25, 0.3) is 11.1 Å². The van der Waals surface area contributed by atoms with E-state index in [1.165, 1.54) is 25.7 Å². The van der Waals surface area contributed by atoms with Crippen LogP contribution in [-0.2, 0) is 15.9 Å². The van der Waals surface area contributed by atoms with E-state index in [4.69, 9.17) is 9.47 Å². The van der Waals surface area contributed by atoms with Gasteiger partial charge in [-0.3, -0.25) is 0 Å². The summed E-state index contributed by atoms with van der Waals surface area (Å²) in [7, 11) is 0. The van der Waals surface area contributed by atoms with Crippen molar-refractivity contribution in [2.45, 2.75) is 77.9 Å². The lowest BCUT2D eigenvalue weighted by Crippen LogP contribution is -2.27. The first-order valence-corrected chi connectivity index (χ1v) is 11.9. The molecule has 4 heteroatoms. The Kier molecular flexibility index (Phi) is 9.48. The summed E-state index contributed by atoms with van der Waals surface area (Å²) >= 11 is 0. The molecule has 0 bridgehead atoms. The highest BCUT2D eigenvalue weighted by molar-refractivity contribution is 5.65. The van der Waals surface area contributed by atoms with Gasteiger partial charge in [0.25, 0.3) is 0 Å². The minimum atomic E-state index is -0.766. The molecule has 0 radical (unpaired) electrons. The van der Waals surface area contributed by atoms with Gasteiger partial charge in [-0.15, -0.1) is 0 Å². The molecule has 1 heterocycles. The van der Waals surface area contributed by atoms with E-state index in [1.807, 2.05) is 24.3 Å². The van der Waals surface area contributed by atoms with Gasteiger partial charge < -0.3 is 9.47 Å². The van der Waals surface area contributed by atoms with Gasteiger partial charge in [0, 0.05) is 17.0 Å². The van der Waals surface area contributed by atoms with Crippen LogP contribution in [0.4, 0.5) is 8.78 Å². The summed E-state index contributed by atoms with van der Waals surface area (Å²) in [5.74, 6) is -1.03. The SMILES string of the molecule is CCCCCCC1COC(c2ccc(-c3ccc(CCCCC)c(F)c3F)cc2)OC1. The number of unbranched alkanes of at least 4 members (excludes halogenated alkanes) is 5. The van der Waals surface area contributed by atoms with Gasteiger partial charge in [-0.1, -0.05) is 88.8 Å². The number of hydrogen-bond donors (Lipinski definition) is 0. The van der Waals surface area contributed by atoms with E-state index >= 15 is 0 Å². The van der Waals surface area contributed by atoms with Gasteiger partial charge in [0.05, 0.1) is 13.2 Å². The second kappa shape index (κ2) is 12.3. The van der Waals surface area contributed by atoms with Crippen molar-refractivity contribution in [3.8, 4) is 11.1 Å². The van der Waals surface area contributed by atoms with E-state index in [0.29, 0.717) is 42.2 Å². The van der Waals surface area contributed by atoms with Crippen LogP contribution in [0.15, 0.2) is 36.4 Å². The number of halogens is 2. The molecule has 0 amide bonds. The summed E-state index contributed by atoms with van der Waals surface area (Å²) in [6.07, 6.45) is 9.32. The van der Waals surface area contributed by atoms with E-state index in [0.717, 1.165) is 31.2 Å². The standard InChI is InChI=1S/C27H36F2O2/c1-3-5-7-9-10-20-18-30-27(31-19-20)23-14-12-21(13-15-23)24-17-16-22(11-8-6-4-2)25(28)26(24)29/h12-17,20,27H,3-11,18-19H2,1-2H3. The maximum atomic E-state index is 14.7. The van der Waals surface area contributed by atoms with Crippen LogP contribution in [0.3, 0.4) is 0 Å². The predicted octanol–water partition coefficient (Wildman–Crippen LogP) is 8.00. The van der Waals surface area contributed by atoms with Gasteiger partial charge in [-0.05, 0) is 30.4 Å². The third-order valence-electron chi connectivity index (χ3n) is 6.14. The van der Waals surface area contributed by atoms with Crippen LogP contribution in [-0.4, -0.2) is 13.2 Å². The van der Waals surface area contributed by atoms with Gasteiger partial charge in [0.1, 0.15) is 0 Å². The van der Waals surface area contributed by atoms with Crippen molar-refractivity contribution in [2.24, 2.45) is 5.92 Å². The molecule has 1 saturated heterocycles. The molecule has 170 valence electrons. The van der Waals surface area contributed by atoms with Gasteiger partial charge in [0.2, 0.25) is 0 Å². The molecule has 1 aliphatic heterocycles. The minimum Gasteiger partial charge on any atom is -0.348 e. The van der Waals surface area contributed by atoms with E-state index in [9.17, 15) is 8.78 Å². The zero-order valence-electron chi connectivity index (χ0n) is 19.0. The molecule has 1 fully saturated rings. The zero-order valence-corrected chi connectivity index (χ0v) is 19.0. The van der Waals surface area contributed by atoms with Crippen molar-refractivity contribution < 1.29 is 18.3 Å². The Morgan fingerprint density at radius 3 is 2.13 bits per heavy atom. The quantitative estimate of drug-likeness (QED) is 0.336. The maximum absolute atomic E-state index is 14.7. The molecule has 0 aromatic heterocycles. The molecule has 0 spiro atoms. The predicted molar refractivity (Wildman–Crippen MR) is 122 cm³/mol. The van der Waals surface area contributed by atoms with Crippen LogP contribution in [0.5, 0.6) is 0 Å². The van der Waals surface area contributed by atoms with Crippen molar-refractivity contribution in [1.82, 2.24) is 0 Å². The molecule has 2 nitrogen and oxygen atoms in total. The van der Waals surface area contributed by atoms with E-state index in [1.54, 1.807) is 12.1 Å². The van der Waals surface area contributed by atoms with Gasteiger partial charge in [-0.2, -0.15) is 0 Å². The molecule has 2 aromatic carbocycles. The van der Waals surface area contributed by atoms with Crippen LogP contribution in [0, 0.1) is 17.6 Å². The molecule has 0 atom stereocenters. The highest BCUT2D eigenvalue weighted by Crippen LogP contribution is 2.31. The molecule has 31 heavy (non-hydrogen) atoms. The summed E-state index contributed by atoms with van der Waals surface area (Å²) < 4.78 is 41.0. The number of benzene rings is 2. The van der Waals surface area contributed by atoms with Crippen molar-refractivity contribution in [3.63, 3.8) is 0 Å². The second-order valence-electron chi connectivity index (χ2n) is 8.69. The van der Waals surface area contributed by atoms with Gasteiger partial charge in [-0.25, -0.2) is 8.78 Å². The Morgan fingerprint density at radius 1 is 0.774 bits per heavy atom. The summed E-state index contributed by atoms with van der Waals surface area (Å²) in [6.45, 7) is 5.73. The largest absolute Gasteiger partial charge is 0.348 e. The Morgan fingerprint density at radius 2 is 1.45 bits per heavy atom. The molecule has 0 aliphatic carbocycles. The zero-order chi connectivity index (χ0) is 22.1. The fourth-order valence-electron chi connectivity index (χ4n) is 4.15. The third kappa shape index (κ3) is 6.60. The Labute approximate surface area is 186 Å². The first-order valence-electron chi connectivity index (χ1n) is 11.9. The maximum Gasteiger partial charge on any atom is 0.183 e. The number of hydrogen-bond acceptors (Lipinski definition) is 2. The number of aryl methyl sites for hydroxylation is 1. The number of rotatable bonds is 11. The summed E-state index contributed by atoms with van der Waals surface area (Å²) in [5, 5.41) is 0. The highest BCUT2D eigenvalue weighted by Gasteiger charge is 2.23. The molecule has 1 aliphatic rings. The molecule has 2 aromatic rings. The van der Waals surface area contributed by atoms with Crippen LogP contribution >= 0.6 is 0 Å². The van der Waals surface area contributed by atoms with Crippen molar-refractivity contribution in [3.05, 3.63) is 59.2 Å². The second-order valence-corrected chi connectivity index (χ2v) is 8.69. The summed E-state index contributed by atoms with van der Waals surface area (Å²) in [4.78, 5) is 0. The summed E-state index contributed by atoms with van der Waals surface area (Å²) in [5.41, 5.74) is 2.32. The molecule has 0 saturated carbocycles. The minimum absolute atomic E-state index is 0.293. The fraction of sp³-hybridized carbons (Fsp3) is 0.556. The van der Waals surface area contributed by atoms with Gasteiger partial charge >= 0.3 is 0 Å². The van der Waals surface area contributed by atoms with E-state index in [2.05, 4.69) is 13.8 Å². The highest BCUT2D eigenvalue weighted by atomic mass is 19.2. The van der Waals surface area contributed by atoms with Crippen molar-refractivity contribution >= 4 is 0 Å². The summed E-state index contributed by atoms with van der Waals surface area (Å²) in [6, 6.07) is 10.8. The average Bonchev–Trinajstić information content (AvgIpc) is 2.80. The topological polar surface area (TPSA) is 18.5 Å². The smallest absolute Gasteiger partial charge is 0.183 e. The van der Waals surface area contributed by atoms with Crippen LogP contribution in [0.1, 0.15) is 82.6 Å². The molecule has 0 unspecified atom stereocenters. The molecular weight excluding hydrogens is 394 g/mol. The van der Waals surface area contributed by atoms with Crippen molar-refractivity contribution in [2.75, 3.05) is 13.2 Å². The first kappa shape index (κ1) is 23.9. The average molecular weight is 431 g/mol. The molecule has 0 N–H and O–H groups in total. The number of ether oxygens (including phenoxy) is 2. The Bertz CT molecular complexity index is 796. The van der Waals surface area contributed by atoms with E-state index < -0.39 is 11.6 Å². The molecular formula is C27H36F2O2.